The number of hydrogen-bond acceptors (Lipinski definition) is 1. The fourth-order valence-electron chi connectivity index (χ4n) is 2.26. The maximum atomic E-state index is 12.6. The van der Waals surface area contributed by atoms with Gasteiger partial charge in [-0.3, -0.25) is 0 Å². The van der Waals surface area contributed by atoms with Gasteiger partial charge in [-0.05, 0) is 24.1 Å². The smallest absolute Gasteiger partial charge is 0.256 e. The van der Waals surface area contributed by atoms with Gasteiger partial charge in [-0.2, -0.15) is 0 Å². The Kier molecular flexibility index (Phi) is 4.53. The first kappa shape index (κ1) is 14.0. The van der Waals surface area contributed by atoms with Crippen LogP contribution in [0.5, 0.6) is 0 Å². The van der Waals surface area contributed by atoms with Crippen LogP contribution in [0.25, 0.3) is 10.9 Å². The molecule has 104 valence electrons. The van der Waals surface area contributed by atoms with Gasteiger partial charge in [0, 0.05) is 23.6 Å². The Bertz CT molecular complexity index is 532. The molecular weight excluding hydrogens is 246 g/mol. The zero-order valence-corrected chi connectivity index (χ0v) is 11.4. The van der Waals surface area contributed by atoms with Crippen LogP contribution in [0.1, 0.15) is 19.4 Å². The minimum Gasteiger partial charge on any atom is -0.341 e. The van der Waals surface area contributed by atoms with Crippen LogP contribution < -0.4 is 5.32 Å². The average molecular weight is 266 g/mol. The molecule has 2 aromatic rings. The Balaban J connectivity index is 2.23. The van der Waals surface area contributed by atoms with E-state index in [4.69, 9.17) is 0 Å². The Morgan fingerprint density at radius 3 is 2.63 bits per heavy atom. The molecule has 2 nitrogen and oxygen atoms in total. The van der Waals surface area contributed by atoms with E-state index in [2.05, 4.69) is 19.2 Å². The second kappa shape index (κ2) is 6.15. The molecule has 0 radical (unpaired) electrons. The number of para-hydroxylation sites is 1. The first-order chi connectivity index (χ1) is 9.08. The largest absolute Gasteiger partial charge is 0.341 e. The lowest BCUT2D eigenvalue weighted by Crippen LogP contribution is -2.18. The summed E-state index contributed by atoms with van der Waals surface area (Å²) in [7, 11) is 0. The van der Waals surface area contributed by atoms with Crippen LogP contribution >= 0.6 is 0 Å². The van der Waals surface area contributed by atoms with Crippen molar-refractivity contribution in [3.05, 3.63) is 36.0 Å². The third-order valence-electron chi connectivity index (χ3n) is 3.07. The second-order valence-electron chi connectivity index (χ2n) is 5.24. The minimum absolute atomic E-state index is 0.245. The number of nitrogens with one attached hydrogen (secondary N) is 1. The van der Waals surface area contributed by atoms with Gasteiger partial charge < -0.3 is 9.88 Å². The predicted octanol–water partition coefficient (Wildman–Crippen LogP) is 3.65. The monoisotopic (exact) mass is 266 g/mol. The van der Waals surface area contributed by atoms with Gasteiger partial charge in [0.05, 0.1) is 6.54 Å². The first-order valence-corrected chi connectivity index (χ1v) is 6.63. The van der Waals surface area contributed by atoms with Gasteiger partial charge in [-0.25, -0.2) is 8.78 Å². The topological polar surface area (TPSA) is 17.0 Å². The summed E-state index contributed by atoms with van der Waals surface area (Å²) in [5, 5.41) is 4.41. The molecule has 0 atom stereocenters. The molecule has 0 bridgehead atoms. The molecule has 1 aromatic heterocycles. The van der Waals surface area contributed by atoms with Crippen molar-refractivity contribution >= 4 is 10.9 Å². The summed E-state index contributed by atoms with van der Waals surface area (Å²) in [4.78, 5) is 0. The fourth-order valence-corrected chi connectivity index (χ4v) is 2.26. The molecule has 0 fully saturated rings. The van der Waals surface area contributed by atoms with E-state index in [9.17, 15) is 8.78 Å². The summed E-state index contributed by atoms with van der Waals surface area (Å²) >= 11 is 0. The Labute approximate surface area is 112 Å². The molecule has 0 spiro atoms. The molecule has 0 saturated heterocycles. The van der Waals surface area contributed by atoms with E-state index in [1.807, 2.05) is 30.5 Å². The number of nitrogens with zero attached hydrogens (tertiary/aromatic N) is 1. The Morgan fingerprint density at radius 2 is 1.95 bits per heavy atom. The van der Waals surface area contributed by atoms with Crippen LogP contribution in [-0.2, 0) is 13.1 Å². The molecule has 0 amide bonds. The number of hydrogen-bond donors (Lipinski definition) is 1. The molecule has 0 aliphatic heterocycles. The molecular formula is C15H20F2N2. The third kappa shape index (κ3) is 3.53. The van der Waals surface area contributed by atoms with Gasteiger partial charge in [0.1, 0.15) is 0 Å². The molecule has 0 aliphatic carbocycles. The van der Waals surface area contributed by atoms with Crippen molar-refractivity contribution in [2.45, 2.75) is 33.4 Å². The maximum Gasteiger partial charge on any atom is 0.256 e. The number of fused-ring (bicyclic) bond motifs is 1. The van der Waals surface area contributed by atoms with Gasteiger partial charge in [-0.15, -0.1) is 0 Å². The number of rotatable bonds is 6. The Hall–Kier alpha value is -1.42. The van der Waals surface area contributed by atoms with E-state index in [0.717, 1.165) is 29.6 Å². The molecule has 2 rings (SSSR count). The van der Waals surface area contributed by atoms with E-state index in [1.54, 1.807) is 4.57 Å². The molecule has 1 N–H and O–H groups in total. The highest BCUT2D eigenvalue weighted by Gasteiger charge is 2.11. The highest BCUT2D eigenvalue weighted by atomic mass is 19.3. The molecule has 19 heavy (non-hydrogen) atoms. The van der Waals surface area contributed by atoms with Crippen molar-refractivity contribution in [3.8, 4) is 0 Å². The van der Waals surface area contributed by atoms with Gasteiger partial charge >= 0.3 is 0 Å². The average Bonchev–Trinajstić information content (AvgIpc) is 2.67. The summed E-state index contributed by atoms with van der Waals surface area (Å²) in [6.45, 7) is 5.69. The van der Waals surface area contributed by atoms with E-state index >= 15 is 0 Å². The van der Waals surface area contributed by atoms with E-state index < -0.39 is 6.43 Å². The van der Waals surface area contributed by atoms with Crippen LogP contribution in [0.4, 0.5) is 8.78 Å². The van der Waals surface area contributed by atoms with Gasteiger partial charge in [0.25, 0.3) is 6.43 Å². The number of alkyl halides is 2. The molecule has 4 heteroatoms. The molecule has 0 aliphatic rings. The summed E-state index contributed by atoms with van der Waals surface area (Å²) in [5.74, 6) is 0.578. The summed E-state index contributed by atoms with van der Waals surface area (Å²) < 4.78 is 26.8. The van der Waals surface area contributed by atoms with Gasteiger partial charge in [0.15, 0.2) is 0 Å². The quantitative estimate of drug-likeness (QED) is 0.844. The number of halogens is 2. The number of aromatic nitrogens is 1. The van der Waals surface area contributed by atoms with Crippen LogP contribution in [0.15, 0.2) is 30.5 Å². The molecule has 1 heterocycles. The summed E-state index contributed by atoms with van der Waals surface area (Å²) in [5.41, 5.74) is 1.96. The number of benzene rings is 1. The van der Waals surface area contributed by atoms with Crippen LogP contribution in [0.3, 0.4) is 0 Å². The summed E-state index contributed by atoms with van der Waals surface area (Å²) in [6, 6.07) is 7.71. The normalized spacial score (nSPS) is 11.9. The fraction of sp³-hybridized carbons (Fsp3) is 0.467. The Morgan fingerprint density at radius 1 is 1.21 bits per heavy atom. The zero-order chi connectivity index (χ0) is 13.8. The van der Waals surface area contributed by atoms with Crippen molar-refractivity contribution < 1.29 is 8.78 Å². The van der Waals surface area contributed by atoms with Crippen molar-refractivity contribution in [2.75, 3.05) is 6.54 Å². The van der Waals surface area contributed by atoms with E-state index in [-0.39, 0.29) is 6.54 Å². The molecule has 0 unspecified atom stereocenters. The van der Waals surface area contributed by atoms with Gasteiger partial charge in [-0.1, -0.05) is 32.0 Å². The highest BCUT2D eigenvalue weighted by molar-refractivity contribution is 5.83. The standard InChI is InChI=1S/C15H20F2N2/c1-11(2)7-18-8-12-9-19(10-15(16)17)14-6-4-3-5-13(12)14/h3-6,9,11,15,18H,7-8,10H2,1-2H3. The maximum absolute atomic E-state index is 12.6. The lowest BCUT2D eigenvalue weighted by Gasteiger charge is -2.06. The molecule has 0 saturated carbocycles. The van der Waals surface area contributed by atoms with Crippen LogP contribution in [0.2, 0.25) is 0 Å². The van der Waals surface area contributed by atoms with Crippen LogP contribution in [-0.4, -0.2) is 17.5 Å². The summed E-state index contributed by atoms with van der Waals surface area (Å²) in [6.07, 6.45) is -0.489. The minimum atomic E-state index is -2.33. The SMILES string of the molecule is CC(C)CNCc1cn(CC(F)F)c2ccccc12. The van der Waals surface area contributed by atoms with Crippen molar-refractivity contribution in [3.63, 3.8) is 0 Å². The lowest BCUT2D eigenvalue weighted by atomic mass is 10.1. The zero-order valence-electron chi connectivity index (χ0n) is 11.4. The van der Waals surface area contributed by atoms with Gasteiger partial charge in [0.2, 0.25) is 0 Å². The van der Waals surface area contributed by atoms with Crippen molar-refractivity contribution in [2.24, 2.45) is 5.92 Å². The van der Waals surface area contributed by atoms with E-state index in [0.29, 0.717) is 5.92 Å². The predicted molar refractivity (Wildman–Crippen MR) is 74.5 cm³/mol. The van der Waals surface area contributed by atoms with E-state index in [1.165, 1.54) is 0 Å². The first-order valence-electron chi connectivity index (χ1n) is 6.63. The lowest BCUT2D eigenvalue weighted by molar-refractivity contribution is 0.128. The van der Waals surface area contributed by atoms with Crippen LogP contribution in [0, 0.1) is 5.92 Å². The third-order valence-corrected chi connectivity index (χ3v) is 3.07. The highest BCUT2D eigenvalue weighted by Crippen LogP contribution is 2.22. The van der Waals surface area contributed by atoms with Crippen molar-refractivity contribution in [1.29, 1.82) is 0 Å². The van der Waals surface area contributed by atoms with Crippen molar-refractivity contribution in [1.82, 2.24) is 9.88 Å². The second-order valence-corrected chi connectivity index (χ2v) is 5.24. The molecule has 1 aromatic carbocycles.